The first-order valence-electron chi connectivity index (χ1n) is 9.06. The van der Waals surface area contributed by atoms with Crippen LogP contribution in [-0.4, -0.2) is 32.4 Å². The van der Waals surface area contributed by atoms with Gasteiger partial charge in [-0.3, -0.25) is 4.79 Å². The second kappa shape index (κ2) is 8.43. The minimum atomic E-state index is -0.563. The normalized spacial score (nSPS) is 12.5. The van der Waals surface area contributed by atoms with Gasteiger partial charge in [0.05, 0.1) is 17.9 Å². The van der Waals surface area contributed by atoms with Gasteiger partial charge in [-0.2, -0.15) is 0 Å². The molecule has 0 bridgehead atoms. The van der Waals surface area contributed by atoms with E-state index in [1.54, 1.807) is 52.0 Å². The zero-order chi connectivity index (χ0) is 21.1. The van der Waals surface area contributed by atoms with Gasteiger partial charge in [0.25, 0.3) is 5.56 Å². The highest BCUT2D eigenvalue weighted by Crippen LogP contribution is 2.11. The minimum absolute atomic E-state index is 0.152. The SMILES string of the molecule is Cc1[nH]c(=O)n(-c2ccc(CC(C)NC(=O)OC(C)(C)C)cc2)c(=O)c1CO. The average Bonchev–Trinajstić information content (AvgIpc) is 2.54. The molecule has 8 nitrogen and oxygen atoms in total. The first kappa shape index (κ1) is 21.4. The van der Waals surface area contributed by atoms with Crippen LogP contribution >= 0.6 is 0 Å². The number of aliphatic hydroxyl groups is 1. The molecule has 1 amide bonds. The Balaban J connectivity index is 2.16. The van der Waals surface area contributed by atoms with E-state index in [4.69, 9.17) is 4.74 Å². The van der Waals surface area contributed by atoms with Gasteiger partial charge in [-0.05, 0) is 58.7 Å². The van der Waals surface area contributed by atoms with E-state index in [0.717, 1.165) is 10.1 Å². The van der Waals surface area contributed by atoms with Crippen LogP contribution in [0.3, 0.4) is 0 Å². The number of nitrogens with one attached hydrogen (secondary N) is 2. The summed E-state index contributed by atoms with van der Waals surface area (Å²) in [4.78, 5) is 39.1. The van der Waals surface area contributed by atoms with Gasteiger partial charge >= 0.3 is 11.8 Å². The van der Waals surface area contributed by atoms with Crippen molar-refractivity contribution in [2.75, 3.05) is 0 Å². The lowest BCUT2D eigenvalue weighted by Gasteiger charge is -2.22. The lowest BCUT2D eigenvalue weighted by Crippen LogP contribution is -2.38. The Bertz CT molecular complexity index is 952. The van der Waals surface area contributed by atoms with Gasteiger partial charge in [0.15, 0.2) is 0 Å². The van der Waals surface area contributed by atoms with Crippen LogP contribution in [0.5, 0.6) is 0 Å². The minimum Gasteiger partial charge on any atom is -0.444 e. The monoisotopic (exact) mass is 389 g/mol. The Hall–Kier alpha value is -2.87. The van der Waals surface area contributed by atoms with Crippen molar-refractivity contribution >= 4 is 6.09 Å². The maximum absolute atomic E-state index is 12.5. The molecular weight excluding hydrogens is 362 g/mol. The number of carbonyl (C=O) groups excluding carboxylic acids is 1. The van der Waals surface area contributed by atoms with Crippen LogP contribution in [0, 0.1) is 6.92 Å². The summed E-state index contributed by atoms with van der Waals surface area (Å²) in [5.41, 5.74) is 0.159. The van der Waals surface area contributed by atoms with Gasteiger partial charge < -0.3 is 20.1 Å². The maximum Gasteiger partial charge on any atom is 0.407 e. The number of aromatic amines is 1. The summed E-state index contributed by atoms with van der Waals surface area (Å²) in [7, 11) is 0. The molecule has 0 aliphatic rings. The summed E-state index contributed by atoms with van der Waals surface area (Å²) in [5, 5.41) is 12.1. The summed E-state index contributed by atoms with van der Waals surface area (Å²) in [5.74, 6) is 0. The van der Waals surface area contributed by atoms with Crippen molar-refractivity contribution in [3.63, 3.8) is 0 Å². The molecule has 0 saturated heterocycles. The number of H-pyrrole nitrogens is 1. The molecule has 2 aromatic rings. The van der Waals surface area contributed by atoms with Gasteiger partial charge in [-0.1, -0.05) is 12.1 Å². The fourth-order valence-corrected chi connectivity index (χ4v) is 2.79. The third-order valence-corrected chi connectivity index (χ3v) is 4.07. The second-order valence-electron chi connectivity index (χ2n) is 7.75. The molecule has 1 unspecified atom stereocenters. The van der Waals surface area contributed by atoms with E-state index in [1.165, 1.54) is 0 Å². The van der Waals surface area contributed by atoms with E-state index >= 15 is 0 Å². The van der Waals surface area contributed by atoms with E-state index in [2.05, 4.69) is 10.3 Å². The Morgan fingerprint density at radius 3 is 2.39 bits per heavy atom. The zero-order valence-corrected chi connectivity index (χ0v) is 16.8. The number of carbonyl (C=O) groups is 1. The molecule has 0 aliphatic carbocycles. The number of aliphatic hydroxyl groups excluding tert-OH is 1. The van der Waals surface area contributed by atoms with Crippen molar-refractivity contribution in [2.24, 2.45) is 0 Å². The number of amides is 1. The predicted molar refractivity (Wildman–Crippen MR) is 106 cm³/mol. The number of hydrogen-bond acceptors (Lipinski definition) is 5. The number of aromatic nitrogens is 2. The van der Waals surface area contributed by atoms with Gasteiger partial charge in [0.1, 0.15) is 5.60 Å². The van der Waals surface area contributed by atoms with Gasteiger partial charge in [-0.15, -0.1) is 0 Å². The van der Waals surface area contributed by atoms with Gasteiger partial charge in [0, 0.05) is 11.7 Å². The lowest BCUT2D eigenvalue weighted by atomic mass is 10.1. The molecule has 8 heteroatoms. The molecule has 1 aromatic heterocycles. The highest BCUT2D eigenvalue weighted by atomic mass is 16.6. The van der Waals surface area contributed by atoms with E-state index in [9.17, 15) is 19.5 Å². The number of alkyl carbamates (subject to hydrolysis) is 1. The summed E-state index contributed by atoms with van der Waals surface area (Å²) in [6.45, 7) is 8.38. The molecule has 1 atom stereocenters. The molecule has 0 radical (unpaired) electrons. The molecule has 0 fully saturated rings. The Labute approximate surface area is 163 Å². The van der Waals surface area contributed by atoms with E-state index in [-0.39, 0.29) is 11.6 Å². The van der Waals surface area contributed by atoms with E-state index in [1.807, 2.05) is 6.92 Å². The molecular formula is C20H27N3O5. The molecule has 28 heavy (non-hydrogen) atoms. The van der Waals surface area contributed by atoms with Crippen LogP contribution in [0.4, 0.5) is 4.79 Å². The van der Waals surface area contributed by atoms with Crippen LogP contribution in [0.15, 0.2) is 33.9 Å². The summed E-state index contributed by atoms with van der Waals surface area (Å²) < 4.78 is 6.22. The zero-order valence-electron chi connectivity index (χ0n) is 16.8. The predicted octanol–water partition coefficient (Wildman–Crippen LogP) is 1.78. The quantitative estimate of drug-likeness (QED) is 0.721. The smallest absolute Gasteiger partial charge is 0.407 e. The van der Waals surface area contributed by atoms with Crippen LogP contribution in [0.2, 0.25) is 0 Å². The number of rotatable bonds is 5. The largest absolute Gasteiger partial charge is 0.444 e. The number of hydrogen-bond donors (Lipinski definition) is 3. The molecule has 2 rings (SSSR count). The third kappa shape index (κ3) is 5.32. The van der Waals surface area contributed by atoms with Crippen molar-refractivity contribution in [3.8, 4) is 5.69 Å². The van der Waals surface area contributed by atoms with Crippen molar-refractivity contribution in [1.29, 1.82) is 0 Å². The summed E-state index contributed by atoms with van der Waals surface area (Å²) in [6, 6.07) is 6.72. The summed E-state index contributed by atoms with van der Waals surface area (Å²) in [6.07, 6.45) is 0.0755. The van der Waals surface area contributed by atoms with Crippen LogP contribution in [0.1, 0.15) is 44.5 Å². The second-order valence-corrected chi connectivity index (χ2v) is 7.75. The van der Waals surface area contributed by atoms with E-state index < -0.39 is 29.6 Å². The lowest BCUT2D eigenvalue weighted by molar-refractivity contribution is 0.0508. The van der Waals surface area contributed by atoms with Crippen molar-refractivity contribution in [1.82, 2.24) is 14.9 Å². The van der Waals surface area contributed by atoms with Gasteiger partial charge in [0.2, 0.25) is 0 Å². The number of nitrogens with zero attached hydrogens (tertiary/aromatic N) is 1. The Morgan fingerprint density at radius 2 is 1.86 bits per heavy atom. The fourth-order valence-electron chi connectivity index (χ4n) is 2.79. The van der Waals surface area contributed by atoms with Crippen LogP contribution in [-0.2, 0) is 17.8 Å². The van der Waals surface area contributed by atoms with E-state index in [0.29, 0.717) is 17.8 Å². The molecule has 0 spiro atoms. The fraction of sp³-hybridized carbons (Fsp3) is 0.450. The van der Waals surface area contributed by atoms with Crippen molar-refractivity contribution in [2.45, 2.75) is 59.3 Å². The molecule has 152 valence electrons. The number of benzene rings is 1. The molecule has 0 saturated carbocycles. The van der Waals surface area contributed by atoms with Crippen LogP contribution in [0.25, 0.3) is 5.69 Å². The first-order valence-corrected chi connectivity index (χ1v) is 9.06. The van der Waals surface area contributed by atoms with Crippen molar-refractivity contribution in [3.05, 3.63) is 61.9 Å². The topological polar surface area (TPSA) is 113 Å². The first-order chi connectivity index (χ1) is 13.0. The summed E-state index contributed by atoms with van der Waals surface area (Å²) >= 11 is 0. The number of aryl methyl sites for hydroxylation is 1. The molecule has 0 aliphatic heterocycles. The molecule has 1 aromatic carbocycles. The molecule has 3 N–H and O–H groups in total. The highest BCUT2D eigenvalue weighted by Gasteiger charge is 2.18. The maximum atomic E-state index is 12.5. The van der Waals surface area contributed by atoms with Crippen molar-refractivity contribution < 1.29 is 14.6 Å². The Morgan fingerprint density at radius 1 is 1.25 bits per heavy atom. The number of ether oxygens (including phenoxy) is 1. The molecule has 1 heterocycles. The third-order valence-electron chi connectivity index (χ3n) is 4.07. The van der Waals surface area contributed by atoms with Gasteiger partial charge in [-0.25, -0.2) is 14.2 Å². The highest BCUT2D eigenvalue weighted by molar-refractivity contribution is 5.68. The van der Waals surface area contributed by atoms with Crippen LogP contribution < -0.4 is 16.6 Å². The Kier molecular flexibility index (Phi) is 6.45. The average molecular weight is 389 g/mol. The standard InChI is InChI=1S/C20H27N3O5/c1-12(21-19(27)28-20(3,4)5)10-14-6-8-15(9-7-14)23-17(25)16(11-24)13(2)22-18(23)26/h6-9,12,24H,10-11H2,1-5H3,(H,21,27)(H,22,26).